The van der Waals surface area contributed by atoms with Crippen LogP contribution >= 0.6 is 0 Å². The maximum Gasteiger partial charge on any atom is 0 e. The SMILES string of the molecule is [AlH3].[MgH2].[SrH2].[Y]. The molecule has 0 aromatic rings. The minimum Gasteiger partial charge on any atom is 0 e. The van der Waals surface area contributed by atoms with Gasteiger partial charge in [-0.25, -0.2) is 0 Å². The first-order valence-corrected chi connectivity index (χ1v) is 0. The Bertz CT molecular complexity index is 8.00. The van der Waals surface area contributed by atoms with E-state index < -0.39 is 0 Å². The van der Waals surface area contributed by atoms with E-state index in [-0.39, 0.29) is 119 Å². The van der Waals surface area contributed by atoms with E-state index in [1.54, 1.807) is 0 Å². The summed E-state index contributed by atoms with van der Waals surface area (Å²) in [6, 6.07) is 0. The second kappa shape index (κ2) is 15.8. The Kier molecular flexibility index (Phi) is 97.8. The van der Waals surface area contributed by atoms with Crippen LogP contribution in [-0.2, 0) is 32.7 Å². The van der Waals surface area contributed by atoms with Gasteiger partial charge in [-0.1, -0.05) is 0 Å². The zero-order chi connectivity index (χ0) is 0. The first-order chi connectivity index (χ1) is 0. The summed E-state index contributed by atoms with van der Waals surface area (Å²) in [4.78, 5) is 0. The fraction of sp³-hybridized carbons (Fsp3) is 0. The van der Waals surface area contributed by atoms with Crippen LogP contribution in [0.25, 0.3) is 0 Å². The third kappa shape index (κ3) is 9.30. The summed E-state index contributed by atoms with van der Waals surface area (Å²) in [5.74, 6) is 0. The Morgan fingerprint density at radius 2 is 1.00 bits per heavy atom. The van der Waals surface area contributed by atoms with Crippen molar-refractivity contribution in [2.75, 3.05) is 0 Å². The minimum absolute atomic E-state index is 0. The summed E-state index contributed by atoms with van der Waals surface area (Å²) in [5.41, 5.74) is 0. The number of hydrogen-bond acceptors (Lipinski definition) is 0. The van der Waals surface area contributed by atoms with Gasteiger partial charge in [-0.2, -0.15) is 0 Å². The van der Waals surface area contributed by atoms with E-state index in [1.165, 1.54) is 0 Å². The standard InChI is InChI=1S/Al.Mg.Sr.Y.7H. The third-order valence-corrected chi connectivity index (χ3v) is 0. The molecule has 17 valence electrons. The van der Waals surface area contributed by atoms with E-state index in [0.29, 0.717) is 0 Å². The third-order valence-electron chi connectivity index (χ3n) is 0. The molecule has 0 atom stereocenters. The van der Waals surface area contributed by atoms with Crippen LogP contribution in [0.4, 0.5) is 0 Å². The quantitative estimate of drug-likeness (QED) is 0.392. The van der Waals surface area contributed by atoms with Crippen molar-refractivity contribution in [3.63, 3.8) is 0 Å². The fourth-order valence-corrected chi connectivity index (χ4v) is 0. The van der Waals surface area contributed by atoms with Crippen LogP contribution in [0.5, 0.6) is 0 Å². The van der Waals surface area contributed by atoms with Crippen molar-refractivity contribution in [2.45, 2.75) is 0 Å². The maximum absolute atomic E-state index is 0. The molecule has 0 saturated carbocycles. The molecule has 0 nitrogen and oxygen atoms in total. The molecule has 4 heteroatoms. The van der Waals surface area contributed by atoms with Crippen molar-refractivity contribution < 1.29 is 32.7 Å². The molecule has 4 heavy (non-hydrogen) atoms. The molecule has 0 N–H and O–H groups in total. The number of rotatable bonds is 0. The molecule has 0 aliphatic rings. The topological polar surface area (TPSA) is 0 Å². The molecule has 0 fully saturated rings. The molecule has 0 aromatic carbocycles. The largest absolute Gasteiger partial charge is 0 e. The van der Waals surface area contributed by atoms with Gasteiger partial charge in [0.25, 0.3) is 0 Å². The van der Waals surface area contributed by atoms with Gasteiger partial charge in [0, 0.05) is 32.7 Å². The fourth-order valence-electron chi connectivity index (χ4n) is 0. The molecule has 0 aliphatic heterocycles. The molecular weight excluding hydrogens is 228 g/mol. The Hall–Kier alpha value is 3.88. The van der Waals surface area contributed by atoms with Crippen LogP contribution in [0.3, 0.4) is 0 Å². The van der Waals surface area contributed by atoms with Gasteiger partial charge in [0.2, 0.25) is 0 Å². The van der Waals surface area contributed by atoms with E-state index in [4.69, 9.17) is 0 Å². The summed E-state index contributed by atoms with van der Waals surface area (Å²) in [6.45, 7) is 0. The van der Waals surface area contributed by atoms with Crippen LogP contribution in [-0.4, -0.2) is 85.9 Å². The van der Waals surface area contributed by atoms with Gasteiger partial charge in [0.1, 0.15) is 0 Å². The second-order valence-electron chi connectivity index (χ2n) is 0. The Morgan fingerprint density at radius 3 is 1.00 bits per heavy atom. The van der Waals surface area contributed by atoms with Gasteiger partial charge in [-0.05, 0) is 0 Å². The van der Waals surface area contributed by atoms with Crippen LogP contribution in [0.15, 0.2) is 0 Å². The smallest absolute Gasteiger partial charge is 0 e. The van der Waals surface area contributed by atoms with Crippen molar-refractivity contribution >= 4 is 85.9 Å². The van der Waals surface area contributed by atoms with Crippen molar-refractivity contribution in [1.82, 2.24) is 0 Å². The Labute approximate surface area is 115 Å². The van der Waals surface area contributed by atoms with E-state index >= 15 is 0 Å². The molecule has 0 heterocycles. The predicted molar refractivity (Wildman–Crippen MR) is 27.0 cm³/mol. The van der Waals surface area contributed by atoms with Crippen LogP contribution in [0.2, 0.25) is 0 Å². The molecular formula is H7AlMgSrY. The zero-order valence-electron chi connectivity index (χ0n) is 0.577. The van der Waals surface area contributed by atoms with Gasteiger partial charge >= 0.3 is 68.5 Å². The second-order valence-corrected chi connectivity index (χ2v) is 0. The molecule has 0 amide bonds. The maximum atomic E-state index is 0. The molecule has 0 aliphatic carbocycles. The molecule has 1 radical (unpaired) electrons. The van der Waals surface area contributed by atoms with Gasteiger partial charge in [-0.3, -0.25) is 0 Å². The number of hydrogen-bond donors (Lipinski definition) is 0. The van der Waals surface area contributed by atoms with Crippen molar-refractivity contribution in [3.8, 4) is 0 Å². The van der Waals surface area contributed by atoms with Gasteiger partial charge < -0.3 is 0 Å². The van der Waals surface area contributed by atoms with Gasteiger partial charge in [0.15, 0.2) is 17.4 Å². The molecule has 0 bridgehead atoms. The summed E-state index contributed by atoms with van der Waals surface area (Å²) in [7, 11) is 0. The van der Waals surface area contributed by atoms with Gasteiger partial charge in [0.05, 0.1) is 0 Å². The molecule has 0 aromatic heterocycles. The van der Waals surface area contributed by atoms with Crippen molar-refractivity contribution in [2.24, 2.45) is 0 Å². The van der Waals surface area contributed by atoms with Crippen molar-refractivity contribution in [1.29, 1.82) is 0 Å². The average molecular weight is 235 g/mol. The van der Waals surface area contributed by atoms with Gasteiger partial charge in [-0.15, -0.1) is 0 Å². The van der Waals surface area contributed by atoms with E-state index in [0.717, 1.165) is 0 Å². The Morgan fingerprint density at radius 1 is 1.00 bits per heavy atom. The summed E-state index contributed by atoms with van der Waals surface area (Å²) < 4.78 is 0. The molecule has 0 rings (SSSR count). The molecule has 0 saturated heterocycles. The van der Waals surface area contributed by atoms with E-state index in [2.05, 4.69) is 0 Å². The van der Waals surface area contributed by atoms with Crippen LogP contribution in [0, 0.1) is 0 Å². The van der Waals surface area contributed by atoms with Crippen LogP contribution in [0.1, 0.15) is 0 Å². The minimum atomic E-state index is 0. The normalized spacial score (nSPS) is 0. The summed E-state index contributed by atoms with van der Waals surface area (Å²) in [5, 5.41) is 0. The Balaban J connectivity index is 0. The van der Waals surface area contributed by atoms with Crippen molar-refractivity contribution in [3.05, 3.63) is 0 Å². The predicted octanol–water partition coefficient (Wildman–Crippen LogP) is -3.02. The zero-order valence-corrected chi connectivity index (χ0v) is 3.42. The molecule has 0 spiro atoms. The molecule has 0 unspecified atom stereocenters. The van der Waals surface area contributed by atoms with E-state index in [9.17, 15) is 0 Å². The first kappa shape index (κ1) is 24.8. The average Bonchev–Trinajstić information content (AvgIpc) is 0. The summed E-state index contributed by atoms with van der Waals surface area (Å²) >= 11 is 0. The van der Waals surface area contributed by atoms with Crippen LogP contribution < -0.4 is 0 Å². The van der Waals surface area contributed by atoms with E-state index in [1.807, 2.05) is 0 Å². The monoisotopic (exact) mass is 235 g/mol. The first-order valence-electron chi connectivity index (χ1n) is 0. The summed E-state index contributed by atoms with van der Waals surface area (Å²) in [6.07, 6.45) is 0.